The molecule has 0 saturated heterocycles. The Hall–Kier alpha value is -2.23. The van der Waals surface area contributed by atoms with Crippen LogP contribution in [0.4, 0.5) is 0 Å². The van der Waals surface area contributed by atoms with Crippen molar-refractivity contribution in [3.63, 3.8) is 0 Å². The smallest absolute Gasteiger partial charge is 0.272 e. The van der Waals surface area contributed by atoms with Gasteiger partial charge in [-0.25, -0.2) is 4.98 Å². The van der Waals surface area contributed by atoms with Crippen LogP contribution in [0.3, 0.4) is 0 Å². The molecule has 0 unspecified atom stereocenters. The van der Waals surface area contributed by atoms with Gasteiger partial charge < -0.3 is 4.52 Å². The van der Waals surface area contributed by atoms with Gasteiger partial charge in [-0.2, -0.15) is 16.3 Å². The zero-order chi connectivity index (χ0) is 17.2. The molecule has 0 aliphatic heterocycles. The summed E-state index contributed by atoms with van der Waals surface area (Å²) in [5.74, 6) is 1.51. The lowest BCUT2D eigenvalue weighted by molar-refractivity contribution is 0.391. The van der Waals surface area contributed by atoms with E-state index in [0.717, 1.165) is 5.56 Å². The number of thioether (sulfide) groups is 1. The molecule has 4 aromatic heterocycles. The van der Waals surface area contributed by atoms with E-state index in [9.17, 15) is 4.79 Å². The molecular weight excluding hydrogens is 376 g/mol. The minimum atomic E-state index is -0.0492. The van der Waals surface area contributed by atoms with Crippen molar-refractivity contribution in [3.8, 4) is 11.4 Å². The van der Waals surface area contributed by atoms with Crippen molar-refractivity contribution < 1.29 is 4.52 Å². The largest absolute Gasteiger partial charge is 0.338 e. The first-order valence-electron chi connectivity index (χ1n) is 7.33. The molecule has 0 aliphatic rings. The van der Waals surface area contributed by atoms with E-state index in [1.165, 1.54) is 23.1 Å². The summed E-state index contributed by atoms with van der Waals surface area (Å²) in [6.07, 6.45) is 1.69. The molecule has 0 radical (unpaired) electrons. The fourth-order valence-corrected chi connectivity index (χ4v) is 4.53. The Bertz CT molecular complexity index is 1080. The van der Waals surface area contributed by atoms with Gasteiger partial charge in [0.2, 0.25) is 11.7 Å². The second kappa shape index (κ2) is 6.95. The van der Waals surface area contributed by atoms with Crippen LogP contribution in [0.25, 0.3) is 21.6 Å². The quantitative estimate of drug-likeness (QED) is 0.282. The topological polar surface area (TPSA) is 73.8 Å². The summed E-state index contributed by atoms with van der Waals surface area (Å²) in [7, 11) is 0. The number of rotatable bonds is 6. The lowest BCUT2D eigenvalue weighted by Crippen LogP contribution is -2.21. The van der Waals surface area contributed by atoms with Crippen molar-refractivity contribution in [2.24, 2.45) is 0 Å². The molecule has 25 heavy (non-hydrogen) atoms. The number of hydrogen-bond donors (Lipinski definition) is 0. The maximum Gasteiger partial charge on any atom is 0.272 e. The number of aromatic nitrogens is 4. The molecule has 6 nitrogen and oxygen atoms in total. The lowest BCUT2D eigenvalue weighted by atomic mass is 10.3. The number of nitrogens with zero attached hydrogens (tertiary/aromatic N) is 4. The van der Waals surface area contributed by atoms with Crippen LogP contribution < -0.4 is 5.56 Å². The Morgan fingerprint density at radius 3 is 3.04 bits per heavy atom. The average Bonchev–Trinajstić information content (AvgIpc) is 3.36. The first kappa shape index (κ1) is 16.2. The zero-order valence-electron chi connectivity index (χ0n) is 12.9. The van der Waals surface area contributed by atoms with Gasteiger partial charge in [0, 0.05) is 17.5 Å². The number of allylic oxidation sites excluding steroid dienone is 1. The van der Waals surface area contributed by atoms with Crippen LogP contribution in [-0.4, -0.2) is 19.7 Å². The Morgan fingerprint density at radius 1 is 1.32 bits per heavy atom. The molecule has 0 spiro atoms. The van der Waals surface area contributed by atoms with E-state index >= 15 is 0 Å². The molecule has 0 N–H and O–H groups in total. The molecule has 0 atom stereocenters. The molecule has 0 fully saturated rings. The number of fused-ring (bicyclic) bond motifs is 1. The highest BCUT2D eigenvalue weighted by atomic mass is 32.2. The van der Waals surface area contributed by atoms with Crippen molar-refractivity contribution in [1.82, 2.24) is 19.7 Å². The van der Waals surface area contributed by atoms with E-state index in [2.05, 4.69) is 21.7 Å². The summed E-state index contributed by atoms with van der Waals surface area (Å²) < 4.78 is 7.58. The third-order valence-corrected chi connectivity index (χ3v) is 5.95. The maximum atomic E-state index is 12.6. The monoisotopic (exact) mass is 388 g/mol. The van der Waals surface area contributed by atoms with Crippen LogP contribution in [0.2, 0.25) is 0 Å². The summed E-state index contributed by atoms with van der Waals surface area (Å²) in [6, 6.07) is 3.80. The third kappa shape index (κ3) is 3.17. The van der Waals surface area contributed by atoms with Gasteiger partial charge in [0.05, 0.1) is 11.3 Å². The highest BCUT2D eigenvalue weighted by Crippen LogP contribution is 2.25. The standard InChI is InChI=1S/C16H12N4O2S3/c1-2-5-20-15(21)13-11(4-7-24-13)17-16(20)25-9-12-18-14(19-22-12)10-3-6-23-8-10/h2-4,6-8H,1,5,9H2. The molecule has 0 aliphatic carbocycles. The molecule has 0 amide bonds. The summed E-state index contributed by atoms with van der Waals surface area (Å²) >= 11 is 4.38. The van der Waals surface area contributed by atoms with Gasteiger partial charge in [0.1, 0.15) is 4.70 Å². The van der Waals surface area contributed by atoms with Gasteiger partial charge in [-0.05, 0) is 22.9 Å². The van der Waals surface area contributed by atoms with Crippen LogP contribution in [0.5, 0.6) is 0 Å². The van der Waals surface area contributed by atoms with E-state index in [4.69, 9.17) is 4.52 Å². The minimum Gasteiger partial charge on any atom is -0.338 e. The van der Waals surface area contributed by atoms with Crippen molar-refractivity contribution in [3.05, 3.63) is 57.2 Å². The summed E-state index contributed by atoms with van der Waals surface area (Å²) in [5, 5.41) is 10.4. The van der Waals surface area contributed by atoms with Crippen molar-refractivity contribution in [2.75, 3.05) is 0 Å². The van der Waals surface area contributed by atoms with Crippen LogP contribution in [0, 0.1) is 0 Å². The predicted molar refractivity (Wildman–Crippen MR) is 101 cm³/mol. The first-order chi connectivity index (χ1) is 12.3. The van der Waals surface area contributed by atoms with E-state index < -0.39 is 0 Å². The van der Waals surface area contributed by atoms with E-state index in [1.807, 2.05) is 28.3 Å². The highest BCUT2D eigenvalue weighted by molar-refractivity contribution is 7.98. The van der Waals surface area contributed by atoms with Crippen LogP contribution >= 0.6 is 34.4 Å². The number of thiophene rings is 2. The van der Waals surface area contributed by atoms with Crippen molar-refractivity contribution in [2.45, 2.75) is 17.5 Å². The van der Waals surface area contributed by atoms with Gasteiger partial charge in [0.25, 0.3) is 5.56 Å². The van der Waals surface area contributed by atoms with E-state index in [-0.39, 0.29) is 5.56 Å². The molecule has 0 aromatic carbocycles. The van der Waals surface area contributed by atoms with Crippen LogP contribution in [-0.2, 0) is 12.3 Å². The van der Waals surface area contributed by atoms with Crippen molar-refractivity contribution in [1.29, 1.82) is 0 Å². The maximum absolute atomic E-state index is 12.6. The van der Waals surface area contributed by atoms with Crippen LogP contribution in [0.1, 0.15) is 5.89 Å². The molecule has 4 heterocycles. The average molecular weight is 388 g/mol. The molecule has 4 rings (SSSR count). The number of hydrogen-bond acceptors (Lipinski definition) is 8. The van der Waals surface area contributed by atoms with Gasteiger partial charge in [0.15, 0.2) is 5.16 Å². The Morgan fingerprint density at radius 2 is 2.24 bits per heavy atom. The normalized spacial score (nSPS) is 11.2. The summed E-state index contributed by atoms with van der Waals surface area (Å²) in [5.41, 5.74) is 1.60. The Kier molecular flexibility index (Phi) is 4.51. The summed E-state index contributed by atoms with van der Waals surface area (Å²) in [4.78, 5) is 21.6. The molecule has 126 valence electrons. The first-order valence-corrected chi connectivity index (χ1v) is 10.1. The van der Waals surface area contributed by atoms with Crippen molar-refractivity contribution >= 4 is 44.7 Å². The molecule has 4 aromatic rings. The highest BCUT2D eigenvalue weighted by Gasteiger charge is 2.14. The van der Waals surface area contributed by atoms with Crippen LogP contribution in [0.15, 0.2) is 55.4 Å². The van der Waals surface area contributed by atoms with Gasteiger partial charge in [-0.1, -0.05) is 23.0 Å². The molecule has 0 bridgehead atoms. The fourth-order valence-electron chi connectivity index (χ4n) is 2.27. The van der Waals surface area contributed by atoms with Gasteiger partial charge in [-0.3, -0.25) is 9.36 Å². The molecule has 0 saturated carbocycles. The molecular formula is C16H12N4O2S3. The van der Waals surface area contributed by atoms with E-state index in [0.29, 0.717) is 39.4 Å². The van der Waals surface area contributed by atoms with Gasteiger partial charge in [-0.15, -0.1) is 17.9 Å². The van der Waals surface area contributed by atoms with E-state index in [1.54, 1.807) is 22.0 Å². The fraction of sp³-hybridized carbons (Fsp3) is 0.125. The Balaban J connectivity index is 1.61. The van der Waals surface area contributed by atoms with Gasteiger partial charge >= 0.3 is 0 Å². The second-order valence-electron chi connectivity index (χ2n) is 5.05. The predicted octanol–water partition coefficient (Wildman–Crippen LogP) is 4.05. The second-order valence-corrected chi connectivity index (χ2v) is 7.68. The zero-order valence-corrected chi connectivity index (χ0v) is 15.4. The lowest BCUT2D eigenvalue weighted by Gasteiger charge is -2.08. The Labute approximate surface area is 154 Å². The summed E-state index contributed by atoms with van der Waals surface area (Å²) in [6.45, 7) is 4.13. The minimum absolute atomic E-state index is 0.0492. The third-order valence-electron chi connectivity index (χ3n) is 3.41. The SMILES string of the molecule is C=CCn1c(SCc2nc(-c3ccsc3)no2)nc2ccsc2c1=O. The molecule has 9 heteroatoms.